The van der Waals surface area contributed by atoms with Gasteiger partial charge in [0.05, 0.1) is 31.9 Å². The lowest BCUT2D eigenvalue weighted by atomic mass is 10.1. The van der Waals surface area contributed by atoms with Crippen LogP contribution in [0.4, 0.5) is 11.6 Å². The number of amidine groups is 1. The van der Waals surface area contributed by atoms with Gasteiger partial charge < -0.3 is 14.2 Å². The van der Waals surface area contributed by atoms with Gasteiger partial charge in [0, 0.05) is 17.5 Å². The highest BCUT2D eigenvalue weighted by Gasteiger charge is 2.33. The van der Waals surface area contributed by atoms with E-state index in [1.54, 1.807) is 43.3 Å². The predicted molar refractivity (Wildman–Crippen MR) is 159 cm³/mol. The maximum Gasteiger partial charge on any atom is 0.282 e. The van der Waals surface area contributed by atoms with E-state index in [0.29, 0.717) is 45.6 Å². The third-order valence-corrected chi connectivity index (χ3v) is 7.65. The summed E-state index contributed by atoms with van der Waals surface area (Å²) in [6.45, 7) is 1.73. The Morgan fingerprint density at radius 2 is 1.55 bits per heavy atom. The molecule has 0 aliphatic carbocycles. The summed E-state index contributed by atoms with van der Waals surface area (Å²) in [7, 11) is 0.555. The van der Waals surface area contributed by atoms with Crippen LogP contribution in [0.3, 0.4) is 0 Å². The molecule has 0 spiro atoms. The van der Waals surface area contributed by atoms with Gasteiger partial charge in [-0.3, -0.25) is 9.69 Å². The van der Waals surface area contributed by atoms with E-state index in [1.165, 1.54) is 44.6 Å². The number of ether oxygens (including phenoxy) is 3. The van der Waals surface area contributed by atoms with Gasteiger partial charge in [-0.05, 0) is 61.0 Å². The standard InChI is InChI=1S/C30H27N5O6S/c1-19-14-15-31-30(32-19)34-42(37,38)23-12-10-22(11-13-23)35-28(21-8-6-5-7-9-21)33-24(29(35)36)16-20-17-25(39-2)27(41-4)26(18-20)40-3/h5-18H,1-4H3,(H,31,32,34)/b24-16+. The first-order valence-electron chi connectivity index (χ1n) is 12.7. The van der Waals surface area contributed by atoms with Crippen molar-refractivity contribution in [2.45, 2.75) is 11.8 Å². The molecular weight excluding hydrogens is 558 g/mol. The van der Waals surface area contributed by atoms with Crippen molar-refractivity contribution < 1.29 is 27.4 Å². The maximum atomic E-state index is 13.8. The zero-order valence-corrected chi connectivity index (χ0v) is 24.0. The molecule has 0 fully saturated rings. The number of hydrogen-bond acceptors (Lipinski definition) is 9. The van der Waals surface area contributed by atoms with Crippen LogP contribution in [-0.4, -0.2) is 51.5 Å². The number of sulfonamides is 1. The number of carbonyl (C=O) groups excluding carboxylic acids is 1. The third-order valence-electron chi connectivity index (χ3n) is 6.31. The molecule has 42 heavy (non-hydrogen) atoms. The Hall–Kier alpha value is -5.23. The summed E-state index contributed by atoms with van der Waals surface area (Å²) in [5.74, 6) is 1.24. The highest BCUT2D eigenvalue weighted by Crippen LogP contribution is 2.39. The first-order chi connectivity index (χ1) is 20.2. The molecule has 0 atom stereocenters. The van der Waals surface area contributed by atoms with Gasteiger partial charge in [-0.15, -0.1) is 0 Å². The lowest BCUT2D eigenvalue weighted by molar-refractivity contribution is -0.113. The van der Waals surface area contributed by atoms with Crippen molar-refractivity contribution in [3.05, 3.63) is 102 Å². The average molecular weight is 586 g/mol. The average Bonchev–Trinajstić information content (AvgIpc) is 3.32. The molecule has 1 aliphatic heterocycles. The van der Waals surface area contributed by atoms with E-state index in [4.69, 9.17) is 14.2 Å². The molecule has 0 bridgehead atoms. The molecule has 11 nitrogen and oxygen atoms in total. The molecule has 12 heteroatoms. The Balaban J connectivity index is 1.52. The minimum atomic E-state index is -3.97. The van der Waals surface area contributed by atoms with Gasteiger partial charge in [0.1, 0.15) is 11.5 Å². The quantitative estimate of drug-likeness (QED) is 0.285. The number of amides is 1. The summed E-state index contributed by atoms with van der Waals surface area (Å²) in [5.41, 5.74) is 2.53. The van der Waals surface area contributed by atoms with Crippen molar-refractivity contribution in [3.8, 4) is 17.2 Å². The van der Waals surface area contributed by atoms with Crippen LogP contribution in [0.2, 0.25) is 0 Å². The molecule has 1 amide bonds. The zero-order valence-electron chi connectivity index (χ0n) is 23.2. The van der Waals surface area contributed by atoms with Crippen LogP contribution in [-0.2, 0) is 14.8 Å². The van der Waals surface area contributed by atoms with E-state index in [1.807, 2.05) is 30.3 Å². The summed E-state index contributed by atoms with van der Waals surface area (Å²) in [6.07, 6.45) is 3.09. The van der Waals surface area contributed by atoms with Crippen LogP contribution >= 0.6 is 0 Å². The number of nitrogens with zero attached hydrogens (tertiary/aromatic N) is 4. The van der Waals surface area contributed by atoms with Crippen molar-refractivity contribution in [1.29, 1.82) is 0 Å². The first-order valence-corrected chi connectivity index (χ1v) is 14.1. The van der Waals surface area contributed by atoms with Gasteiger partial charge in [0.25, 0.3) is 15.9 Å². The normalized spacial score (nSPS) is 14.1. The van der Waals surface area contributed by atoms with E-state index in [-0.39, 0.29) is 16.5 Å². The van der Waals surface area contributed by atoms with E-state index in [2.05, 4.69) is 19.7 Å². The number of aryl methyl sites for hydroxylation is 1. The second-order valence-electron chi connectivity index (χ2n) is 9.05. The summed E-state index contributed by atoms with van der Waals surface area (Å²) in [5, 5.41) is 0. The molecular formula is C30H27N5O6S. The summed E-state index contributed by atoms with van der Waals surface area (Å²) in [4.78, 5) is 27.9. The SMILES string of the molecule is COc1cc(/C=C2/N=C(c3ccccc3)N(c3ccc(S(=O)(=O)Nc4nccc(C)n4)cc3)C2=O)cc(OC)c1OC. The minimum Gasteiger partial charge on any atom is -0.493 e. The largest absolute Gasteiger partial charge is 0.493 e. The molecule has 1 N–H and O–H groups in total. The van der Waals surface area contributed by atoms with Crippen molar-refractivity contribution in [3.63, 3.8) is 0 Å². The molecule has 0 unspecified atom stereocenters. The van der Waals surface area contributed by atoms with Crippen molar-refractivity contribution >= 4 is 39.5 Å². The highest BCUT2D eigenvalue weighted by molar-refractivity contribution is 7.92. The summed E-state index contributed by atoms with van der Waals surface area (Å²) in [6, 6.07) is 20.2. The number of carbonyl (C=O) groups is 1. The van der Waals surface area contributed by atoms with Crippen molar-refractivity contribution in [1.82, 2.24) is 9.97 Å². The lowest BCUT2D eigenvalue weighted by Crippen LogP contribution is -2.32. The number of rotatable bonds is 9. The van der Waals surface area contributed by atoms with Crippen LogP contribution in [0, 0.1) is 6.92 Å². The monoisotopic (exact) mass is 585 g/mol. The molecule has 0 radical (unpaired) electrons. The van der Waals surface area contributed by atoms with Crippen LogP contribution in [0.15, 0.2) is 94.6 Å². The Morgan fingerprint density at radius 1 is 0.881 bits per heavy atom. The Kier molecular flexibility index (Phi) is 7.89. The molecule has 214 valence electrons. The molecule has 2 heterocycles. The van der Waals surface area contributed by atoms with Crippen molar-refractivity contribution in [2.75, 3.05) is 31.0 Å². The van der Waals surface area contributed by atoms with Gasteiger partial charge in [0.2, 0.25) is 11.7 Å². The van der Waals surface area contributed by atoms with Gasteiger partial charge in [-0.1, -0.05) is 30.3 Å². The summed E-state index contributed by atoms with van der Waals surface area (Å²) >= 11 is 0. The molecule has 0 saturated carbocycles. The second-order valence-corrected chi connectivity index (χ2v) is 10.7. The number of aliphatic imine (C=N–C) groups is 1. The predicted octanol–water partition coefficient (Wildman–Crippen LogP) is 4.45. The fourth-order valence-corrected chi connectivity index (χ4v) is 5.28. The fourth-order valence-electron chi connectivity index (χ4n) is 4.33. The number of methoxy groups -OCH3 is 3. The first kappa shape index (κ1) is 28.3. The van der Waals surface area contributed by atoms with Gasteiger partial charge in [-0.2, -0.15) is 0 Å². The van der Waals surface area contributed by atoms with E-state index in [0.717, 1.165) is 0 Å². The number of nitrogens with one attached hydrogen (secondary N) is 1. The Morgan fingerprint density at radius 3 is 2.14 bits per heavy atom. The van der Waals surface area contributed by atoms with Gasteiger partial charge >= 0.3 is 0 Å². The zero-order chi connectivity index (χ0) is 29.9. The topological polar surface area (TPSA) is 132 Å². The van der Waals surface area contributed by atoms with E-state index < -0.39 is 15.9 Å². The smallest absolute Gasteiger partial charge is 0.282 e. The number of aromatic nitrogens is 2. The Labute approximate surface area is 243 Å². The second kappa shape index (κ2) is 11.7. The third kappa shape index (κ3) is 5.65. The van der Waals surface area contributed by atoms with Crippen LogP contribution in [0.1, 0.15) is 16.8 Å². The Bertz CT molecular complexity index is 1780. The van der Waals surface area contributed by atoms with Crippen LogP contribution in [0.25, 0.3) is 6.08 Å². The number of hydrogen-bond donors (Lipinski definition) is 1. The minimum absolute atomic E-state index is 0.0191. The number of benzene rings is 3. The van der Waals surface area contributed by atoms with Crippen molar-refractivity contribution in [2.24, 2.45) is 4.99 Å². The maximum absolute atomic E-state index is 13.8. The van der Waals surface area contributed by atoms with Gasteiger partial charge in [0.15, 0.2) is 11.5 Å². The van der Waals surface area contributed by atoms with Crippen LogP contribution < -0.4 is 23.8 Å². The van der Waals surface area contributed by atoms with Crippen LogP contribution in [0.5, 0.6) is 17.2 Å². The van der Waals surface area contributed by atoms with E-state index >= 15 is 0 Å². The molecule has 0 saturated heterocycles. The molecule has 4 aromatic rings. The summed E-state index contributed by atoms with van der Waals surface area (Å²) < 4.78 is 44.6. The fraction of sp³-hybridized carbons (Fsp3) is 0.133. The molecule has 5 rings (SSSR count). The number of anilines is 2. The molecule has 3 aromatic carbocycles. The van der Waals surface area contributed by atoms with E-state index in [9.17, 15) is 13.2 Å². The lowest BCUT2D eigenvalue weighted by Gasteiger charge is -2.19. The highest BCUT2D eigenvalue weighted by atomic mass is 32.2. The molecule has 1 aliphatic rings. The van der Waals surface area contributed by atoms with Gasteiger partial charge in [-0.25, -0.2) is 28.1 Å². The molecule has 1 aromatic heterocycles.